The van der Waals surface area contributed by atoms with E-state index in [1.807, 2.05) is 6.07 Å². The van der Waals surface area contributed by atoms with E-state index in [4.69, 9.17) is 5.73 Å². The first kappa shape index (κ1) is 16.1. The van der Waals surface area contributed by atoms with Gasteiger partial charge in [0.2, 0.25) is 0 Å². The summed E-state index contributed by atoms with van der Waals surface area (Å²) in [6.45, 7) is 4.89. The zero-order valence-electron chi connectivity index (χ0n) is 12.2. The lowest BCUT2D eigenvalue weighted by molar-refractivity contribution is 0.300. The van der Waals surface area contributed by atoms with E-state index in [0.717, 1.165) is 37.5 Å². The number of rotatable bonds is 9. The van der Waals surface area contributed by atoms with Gasteiger partial charge in [0, 0.05) is 6.54 Å². The highest BCUT2D eigenvalue weighted by Crippen LogP contribution is 2.15. The van der Waals surface area contributed by atoms with Crippen molar-refractivity contribution in [3.8, 4) is 0 Å². The number of benzene rings is 1. The van der Waals surface area contributed by atoms with Gasteiger partial charge in [-0.25, -0.2) is 4.39 Å². The molecule has 0 fully saturated rings. The summed E-state index contributed by atoms with van der Waals surface area (Å²) in [7, 11) is 2.09. The Bertz CT molecular complexity index is 354. The Morgan fingerprint density at radius 2 is 2.11 bits per heavy atom. The van der Waals surface area contributed by atoms with Gasteiger partial charge in [0.05, 0.1) is 0 Å². The van der Waals surface area contributed by atoms with E-state index in [1.54, 1.807) is 12.1 Å². The van der Waals surface area contributed by atoms with E-state index in [9.17, 15) is 4.39 Å². The Labute approximate surface area is 116 Å². The smallest absolute Gasteiger partial charge is 0.123 e. The zero-order valence-corrected chi connectivity index (χ0v) is 12.2. The van der Waals surface area contributed by atoms with Crippen LogP contribution in [0.25, 0.3) is 0 Å². The maximum absolute atomic E-state index is 13.1. The third-order valence-electron chi connectivity index (χ3n) is 3.65. The molecule has 2 N–H and O–H groups in total. The van der Waals surface area contributed by atoms with Gasteiger partial charge in [-0.2, -0.15) is 0 Å². The Hall–Kier alpha value is -0.930. The van der Waals surface area contributed by atoms with E-state index in [2.05, 4.69) is 18.9 Å². The lowest BCUT2D eigenvalue weighted by Crippen LogP contribution is -2.20. The first-order valence-electron chi connectivity index (χ1n) is 7.28. The summed E-state index contributed by atoms with van der Waals surface area (Å²) >= 11 is 0. The van der Waals surface area contributed by atoms with Gasteiger partial charge < -0.3 is 10.6 Å². The second-order valence-electron chi connectivity index (χ2n) is 5.36. The van der Waals surface area contributed by atoms with Gasteiger partial charge >= 0.3 is 0 Å². The Balaban J connectivity index is 2.26. The third kappa shape index (κ3) is 6.69. The molecule has 19 heavy (non-hydrogen) atoms. The van der Waals surface area contributed by atoms with Crippen LogP contribution in [-0.4, -0.2) is 25.0 Å². The molecular formula is C16H27FN2. The molecule has 0 saturated heterocycles. The van der Waals surface area contributed by atoms with Crippen LogP contribution >= 0.6 is 0 Å². The van der Waals surface area contributed by atoms with Crippen molar-refractivity contribution >= 4 is 0 Å². The summed E-state index contributed by atoms with van der Waals surface area (Å²) in [5.74, 6) is 0.604. The predicted octanol–water partition coefficient (Wildman–Crippen LogP) is 3.41. The molecule has 2 nitrogen and oxygen atoms in total. The summed E-state index contributed by atoms with van der Waals surface area (Å²) in [6.07, 6.45) is 4.76. The molecule has 0 aliphatic heterocycles. The van der Waals surface area contributed by atoms with Crippen LogP contribution in [-0.2, 0) is 6.54 Å². The van der Waals surface area contributed by atoms with Gasteiger partial charge in [-0.3, -0.25) is 0 Å². The van der Waals surface area contributed by atoms with E-state index in [1.165, 1.54) is 25.3 Å². The molecule has 0 saturated carbocycles. The Kier molecular flexibility index (Phi) is 7.68. The van der Waals surface area contributed by atoms with E-state index in [0.29, 0.717) is 0 Å². The number of nitrogens with two attached hydrogens (primary N) is 1. The molecule has 1 unspecified atom stereocenters. The molecule has 0 aliphatic carbocycles. The van der Waals surface area contributed by atoms with Crippen molar-refractivity contribution in [3.63, 3.8) is 0 Å². The second kappa shape index (κ2) is 9.05. The van der Waals surface area contributed by atoms with Crippen molar-refractivity contribution < 1.29 is 4.39 Å². The molecular weight excluding hydrogens is 239 g/mol. The van der Waals surface area contributed by atoms with Crippen LogP contribution in [0.2, 0.25) is 0 Å². The van der Waals surface area contributed by atoms with Gasteiger partial charge in [0.1, 0.15) is 5.82 Å². The third-order valence-corrected chi connectivity index (χ3v) is 3.65. The summed E-state index contributed by atoms with van der Waals surface area (Å²) in [6, 6.07) is 6.84. The number of hydrogen-bond acceptors (Lipinski definition) is 2. The first-order valence-corrected chi connectivity index (χ1v) is 7.28. The quantitative estimate of drug-likeness (QED) is 0.742. The zero-order chi connectivity index (χ0) is 14.1. The average molecular weight is 266 g/mol. The van der Waals surface area contributed by atoms with Gasteiger partial charge in [-0.15, -0.1) is 0 Å². The van der Waals surface area contributed by atoms with Crippen LogP contribution in [0.3, 0.4) is 0 Å². The minimum atomic E-state index is -0.153. The lowest BCUT2D eigenvalue weighted by atomic mass is 9.96. The van der Waals surface area contributed by atoms with Crippen LogP contribution in [0.5, 0.6) is 0 Å². The van der Waals surface area contributed by atoms with Gasteiger partial charge in [0.15, 0.2) is 0 Å². The minimum absolute atomic E-state index is 0.153. The molecule has 1 aromatic carbocycles. The van der Waals surface area contributed by atoms with Gasteiger partial charge in [-0.1, -0.05) is 25.5 Å². The maximum Gasteiger partial charge on any atom is 0.123 e. The molecule has 108 valence electrons. The molecule has 0 aromatic heterocycles. The highest BCUT2D eigenvalue weighted by Gasteiger charge is 2.06. The predicted molar refractivity (Wildman–Crippen MR) is 79.4 cm³/mol. The molecule has 1 aromatic rings. The van der Waals surface area contributed by atoms with Crippen molar-refractivity contribution in [2.24, 2.45) is 11.7 Å². The standard InChI is InChI=1S/C16H27FN2/c1-3-14(9-10-18)7-5-11-19(2)13-15-6-4-8-16(17)12-15/h4,6,8,12,14H,3,5,7,9-11,13,18H2,1-2H3. The van der Waals surface area contributed by atoms with Crippen LogP contribution < -0.4 is 5.73 Å². The fourth-order valence-electron chi connectivity index (χ4n) is 2.46. The van der Waals surface area contributed by atoms with Crippen molar-refractivity contribution in [3.05, 3.63) is 35.6 Å². The van der Waals surface area contributed by atoms with Crippen LogP contribution in [0.4, 0.5) is 4.39 Å². The van der Waals surface area contributed by atoms with Crippen molar-refractivity contribution in [1.29, 1.82) is 0 Å². The largest absolute Gasteiger partial charge is 0.330 e. The molecule has 0 spiro atoms. The summed E-state index contributed by atoms with van der Waals surface area (Å²) < 4.78 is 13.1. The number of hydrogen-bond donors (Lipinski definition) is 1. The molecule has 0 aliphatic rings. The van der Waals surface area contributed by atoms with Crippen LogP contribution in [0, 0.1) is 11.7 Å². The van der Waals surface area contributed by atoms with Gasteiger partial charge in [0.25, 0.3) is 0 Å². The van der Waals surface area contributed by atoms with E-state index in [-0.39, 0.29) is 5.82 Å². The molecule has 3 heteroatoms. The second-order valence-corrected chi connectivity index (χ2v) is 5.36. The van der Waals surface area contributed by atoms with Crippen molar-refractivity contribution in [2.75, 3.05) is 20.1 Å². The normalized spacial score (nSPS) is 12.9. The van der Waals surface area contributed by atoms with Crippen molar-refractivity contribution in [2.45, 2.75) is 39.2 Å². The highest BCUT2D eigenvalue weighted by molar-refractivity contribution is 5.15. The molecule has 1 rings (SSSR count). The maximum atomic E-state index is 13.1. The fourth-order valence-corrected chi connectivity index (χ4v) is 2.46. The Morgan fingerprint density at radius 1 is 1.32 bits per heavy atom. The van der Waals surface area contributed by atoms with Gasteiger partial charge in [-0.05, 0) is 63.0 Å². The molecule has 0 heterocycles. The molecule has 0 amide bonds. The number of halogens is 1. The highest BCUT2D eigenvalue weighted by atomic mass is 19.1. The SMILES string of the molecule is CCC(CCN)CCCN(C)Cc1cccc(F)c1. The molecule has 0 radical (unpaired) electrons. The average Bonchev–Trinajstić information content (AvgIpc) is 2.37. The minimum Gasteiger partial charge on any atom is -0.330 e. The summed E-state index contributed by atoms with van der Waals surface area (Å²) in [4.78, 5) is 2.25. The van der Waals surface area contributed by atoms with Crippen LogP contribution in [0.1, 0.15) is 38.2 Å². The summed E-state index contributed by atoms with van der Waals surface area (Å²) in [5.41, 5.74) is 6.65. The summed E-state index contributed by atoms with van der Waals surface area (Å²) in [5, 5.41) is 0. The molecule has 0 bridgehead atoms. The van der Waals surface area contributed by atoms with E-state index < -0.39 is 0 Å². The first-order chi connectivity index (χ1) is 9.15. The van der Waals surface area contributed by atoms with Crippen LogP contribution in [0.15, 0.2) is 24.3 Å². The topological polar surface area (TPSA) is 29.3 Å². The fraction of sp³-hybridized carbons (Fsp3) is 0.625. The van der Waals surface area contributed by atoms with Crippen molar-refractivity contribution in [1.82, 2.24) is 4.90 Å². The Morgan fingerprint density at radius 3 is 2.74 bits per heavy atom. The molecule has 1 atom stereocenters. The number of nitrogens with zero attached hydrogens (tertiary/aromatic N) is 1. The van der Waals surface area contributed by atoms with E-state index >= 15 is 0 Å². The monoisotopic (exact) mass is 266 g/mol. The lowest BCUT2D eigenvalue weighted by Gasteiger charge is -2.19.